The molecule has 61 heavy (non-hydrogen) atoms. The van der Waals surface area contributed by atoms with Crippen LogP contribution in [0.5, 0.6) is 0 Å². The highest BCUT2D eigenvalue weighted by Gasteiger charge is 2.22. The van der Waals surface area contributed by atoms with Crippen molar-refractivity contribution in [2.24, 2.45) is 9.98 Å². The van der Waals surface area contributed by atoms with Crippen LogP contribution in [0.3, 0.4) is 0 Å². The van der Waals surface area contributed by atoms with Crippen LogP contribution < -0.4 is 5.32 Å². The van der Waals surface area contributed by atoms with Crippen LogP contribution in [-0.4, -0.2) is 11.7 Å². The Kier molecular flexibility index (Phi) is 8.20. The molecule has 4 nitrogen and oxygen atoms in total. The van der Waals surface area contributed by atoms with Crippen molar-refractivity contribution < 1.29 is 4.42 Å². The molecule has 1 atom stereocenters. The second-order valence-corrected chi connectivity index (χ2v) is 15.8. The van der Waals surface area contributed by atoms with Crippen molar-refractivity contribution in [3.05, 3.63) is 229 Å². The Morgan fingerprint density at radius 1 is 0.295 bits per heavy atom. The molecular formula is C57H37N3O. The zero-order valence-electron chi connectivity index (χ0n) is 33.1. The lowest BCUT2D eigenvalue weighted by Crippen LogP contribution is -2.36. The number of aliphatic imine (C=N–C) groups is 2. The molecular weight excluding hydrogens is 743 g/mol. The Bertz CT molecular complexity index is 3500. The number of benzene rings is 10. The minimum atomic E-state index is -0.427. The molecule has 0 fully saturated rings. The summed E-state index contributed by atoms with van der Waals surface area (Å²) in [5.74, 6) is 1.53. The minimum absolute atomic E-state index is 0.427. The van der Waals surface area contributed by atoms with E-state index in [1.54, 1.807) is 0 Å². The third kappa shape index (κ3) is 6.16. The Hall–Kier alpha value is -8.08. The lowest BCUT2D eigenvalue weighted by Gasteiger charge is -2.22. The molecule has 11 aromatic rings. The molecule has 1 unspecified atom stereocenters. The van der Waals surface area contributed by atoms with Gasteiger partial charge in [0.15, 0.2) is 6.17 Å². The minimum Gasteiger partial charge on any atom is -0.456 e. The fraction of sp³-hybridized carbons (Fsp3) is 0.0175. The first-order valence-corrected chi connectivity index (χ1v) is 20.7. The van der Waals surface area contributed by atoms with Crippen LogP contribution in [0.1, 0.15) is 22.9 Å². The van der Waals surface area contributed by atoms with Crippen molar-refractivity contribution in [2.75, 3.05) is 0 Å². The predicted molar refractivity (Wildman–Crippen MR) is 254 cm³/mol. The van der Waals surface area contributed by atoms with Crippen LogP contribution in [0.2, 0.25) is 0 Å². The van der Waals surface area contributed by atoms with E-state index in [-0.39, 0.29) is 0 Å². The zero-order valence-corrected chi connectivity index (χ0v) is 33.1. The molecule has 1 aromatic heterocycles. The molecule has 0 amide bonds. The summed E-state index contributed by atoms with van der Waals surface area (Å²) < 4.78 is 6.49. The van der Waals surface area contributed by atoms with Crippen molar-refractivity contribution in [3.8, 4) is 33.4 Å². The highest BCUT2D eigenvalue weighted by Crippen LogP contribution is 2.38. The van der Waals surface area contributed by atoms with E-state index in [4.69, 9.17) is 14.4 Å². The average Bonchev–Trinajstić information content (AvgIpc) is 3.72. The first kappa shape index (κ1) is 34.9. The second-order valence-electron chi connectivity index (χ2n) is 15.8. The molecule has 0 radical (unpaired) electrons. The first-order valence-electron chi connectivity index (χ1n) is 20.7. The van der Waals surface area contributed by atoms with E-state index >= 15 is 0 Å². The number of fused-ring (bicyclic) bond motifs is 9. The Morgan fingerprint density at radius 2 is 0.672 bits per heavy atom. The summed E-state index contributed by atoms with van der Waals surface area (Å²) in [6.07, 6.45) is -0.427. The van der Waals surface area contributed by atoms with Gasteiger partial charge in [-0.15, -0.1) is 0 Å². The molecule has 4 heteroatoms. The summed E-state index contributed by atoms with van der Waals surface area (Å²) in [5, 5.41) is 13.4. The molecule has 286 valence electrons. The molecule has 1 aliphatic rings. The third-order valence-corrected chi connectivity index (χ3v) is 12.1. The van der Waals surface area contributed by atoms with Gasteiger partial charge in [0.25, 0.3) is 0 Å². The van der Waals surface area contributed by atoms with Crippen LogP contribution in [0, 0.1) is 0 Å². The van der Waals surface area contributed by atoms with Crippen molar-refractivity contribution in [1.82, 2.24) is 5.32 Å². The van der Waals surface area contributed by atoms with Gasteiger partial charge in [-0.1, -0.05) is 182 Å². The van der Waals surface area contributed by atoms with Gasteiger partial charge in [0.2, 0.25) is 0 Å². The first-order chi connectivity index (χ1) is 30.2. The predicted octanol–water partition coefficient (Wildman–Crippen LogP) is 14.5. The van der Waals surface area contributed by atoms with Gasteiger partial charge in [-0.25, -0.2) is 9.98 Å². The molecule has 0 saturated carbocycles. The number of nitrogens with zero attached hydrogens (tertiary/aromatic N) is 2. The molecule has 0 saturated heterocycles. The lowest BCUT2D eigenvalue weighted by atomic mass is 9.92. The molecule has 1 N–H and O–H groups in total. The third-order valence-electron chi connectivity index (χ3n) is 12.1. The molecule has 1 aliphatic heterocycles. The highest BCUT2D eigenvalue weighted by molar-refractivity contribution is 6.25. The van der Waals surface area contributed by atoms with Gasteiger partial charge >= 0.3 is 0 Å². The Balaban J connectivity index is 0.854. The van der Waals surface area contributed by atoms with E-state index in [0.717, 1.165) is 72.6 Å². The standard InChI is InChI=1S/C57H37N3O/c1-3-11-36(12-4-1)43-28-31-50-51-32-29-44(35-54(51)61-53(50)34-43)57-59-55(40-13-5-2-6-14-40)58-56(60-57)41-25-23-38(24-26-41)37-19-21-39(22-20-37)42-27-30-49-47-17-8-7-15-45(47)46-16-9-10-18-48(46)52(49)33-42/h1-35,56H,(H,58,59,60). The maximum absolute atomic E-state index is 6.49. The highest BCUT2D eigenvalue weighted by atomic mass is 16.3. The Labute approximate surface area is 352 Å². The summed E-state index contributed by atoms with van der Waals surface area (Å²) in [4.78, 5) is 10.3. The molecule has 10 aromatic carbocycles. The van der Waals surface area contributed by atoms with Gasteiger partial charge in [-0.05, 0) is 102 Å². The normalized spacial score (nSPS) is 14.1. The SMILES string of the molecule is c1ccc(C2=NC(c3ccc(-c4ccc(-c5ccc6c7ccccc7c7ccccc7c6c5)cc4)cc3)N=C(c3ccc4c(c3)oc3cc(-c5ccccc5)ccc34)N2)cc1. The maximum atomic E-state index is 6.49. The average molecular weight is 780 g/mol. The van der Waals surface area contributed by atoms with E-state index in [9.17, 15) is 0 Å². The smallest absolute Gasteiger partial charge is 0.169 e. The van der Waals surface area contributed by atoms with Gasteiger partial charge in [-0.2, -0.15) is 0 Å². The molecule has 0 aliphatic carbocycles. The van der Waals surface area contributed by atoms with Crippen LogP contribution in [0.4, 0.5) is 0 Å². The van der Waals surface area contributed by atoms with Crippen LogP contribution in [-0.2, 0) is 0 Å². The van der Waals surface area contributed by atoms with E-state index in [1.165, 1.54) is 43.4 Å². The number of hydrogen-bond donors (Lipinski definition) is 1. The van der Waals surface area contributed by atoms with Gasteiger partial charge < -0.3 is 9.73 Å². The zero-order chi connectivity index (χ0) is 40.3. The topological polar surface area (TPSA) is 49.9 Å². The largest absolute Gasteiger partial charge is 0.456 e. The summed E-state index contributed by atoms with van der Waals surface area (Å²) in [5.41, 5.74) is 11.6. The number of hydrogen-bond acceptors (Lipinski definition) is 4. The fourth-order valence-corrected chi connectivity index (χ4v) is 9.01. The van der Waals surface area contributed by atoms with Gasteiger partial charge in [0, 0.05) is 21.9 Å². The fourth-order valence-electron chi connectivity index (χ4n) is 9.01. The van der Waals surface area contributed by atoms with E-state index < -0.39 is 6.17 Å². The number of nitrogens with one attached hydrogen (secondary N) is 1. The summed E-state index contributed by atoms with van der Waals surface area (Å²) in [7, 11) is 0. The van der Waals surface area contributed by atoms with Crippen molar-refractivity contribution in [3.63, 3.8) is 0 Å². The molecule has 0 spiro atoms. The molecule has 0 bridgehead atoms. The van der Waals surface area contributed by atoms with Crippen LogP contribution >= 0.6 is 0 Å². The maximum Gasteiger partial charge on any atom is 0.169 e. The van der Waals surface area contributed by atoms with Crippen molar-refractivity contribution in [1.29, 1.82) is 0 Å². The van der Waals surface area contributed by atoms with E-state index in [0.29, 0.717) is 0 Å². The van der Waals surface area contributed by atoms with Gasteiger partial charge in [0.05, 0.1) is 0 Å². The van der Waals surface area contributed by atoms with Gasteiger partial charge in [-0.3, -0.25) is 0 Å². The summed E-state index contributed by atoms with van der Waals surface area (Å²) in [6, 6.07) is 75.3. The number of amidine groups is 2. The Morgan fingerprint density at radius 3 is 1.26 bits per heavy atom. The summed E-state index contributed by atoms with van der Waals surface area (Å²) in [6.45, 7) is 0. The van der Waals surface area contributed by atoms with Crippen molar-refractivity contribution in [2.45, 2.75) is 6.17 Å². The number of furan rings is 1. The van der Waals surface area contributed by atoms with Gasteiger partial charge in [0.1, 0.15) is 22.8 Å². The number of rotatable bonds is 6. The second kappa shape index (κ2) is 14.3. The quantitative estimate of drug-likeness (QED) is 0.171. The van der Waals surface area contributed by atoms with Crippen LogP contribution in [0.15, 0.2) is 227 Å². The van der Waals surface area contributed by atoms with E-state index in [2.05, 4.69) is 193 Å². The van der Waals surface area contributed by atoms with Crippen molar-refractivity contribution >= 4 is 65.9 Å². The summed E-state index contributed by atoms with van der Waals surface area (Å²) >= 11 is 0. The van der Waals surface area contributed by atoms with E-state index in [1.807, 2.05) is 24.3 Å². The monoisotopic (exact) mass is 779 g/mol. The van der Waals surface area contributed by atoms with Crippen LogP contribution in [0.25, 0.3) is 87.6 Å². The lowest BCUT2D eigenvalue weighted by molar-refractivity contribution is 0.669. The molecule has 12 rings (SSSR count). The molecule has 2 heterocycles.